The van der Waals surface area contributed by atoms with E-state index in [9.17, 15) is 9.59 Å². The molecule has 2 atom stereocenters. The molecule has 0 saturated heterocycles. The lowest BCUT2D eigenvalue weighted by molar-refractivity contribution is -0.170. The van der Waals surface area contributed by atoms with Gasteiger partial charge in [-0.1, -0.05) is 13.8 Å². The molecular weight excluding hydrogens is 258 g/mol. The summed E-state index contributed by atoms with van der Waals surface area (Å²) in [7, 11) is 0. The molecule has 1 saturated carbocycles. The number of carbonyl (C=O) groups is 2. The maximum absolute atomic E-state index is 12.2. The molecule has 6 heteroatoms. The average Bonchev–Trinajstić information content (AvgIpc) is 2.34. The van der Waals surface area contributed by atoms with Crippen LogP contribution in [0.25, 0.3) is 0 Å². The molecule has 1 aliphatic carbocycles. The first-order chi connectivity index (χ1) is 9.15. The molecule has 6 nitrogen and oxygen atoms in total. The molecule has 0 aromatic heterocycles. The lowest BCUT2D eigenvalue weighted by atomic mass is 9.54. The molecule has 4 N–H and O–H groups in total. The second-order valence-electron chi connectivity index (χ2n) is 6.25. The van der Waals surface area contributed by atoms with Gasteiger partial charge in [0.1, 0.15) is 5.54 Å². The highest BCUT2D eigenvalue weighted by Gasteiger charge is 2.62. The number of rotatable bonds is 6. The van der Waals surface area contributed by atoms with Crippen LogP contribution in [-0.4, -0.2) is 42.7 Å². The smallest absolute Gasteiger partial charge is 0.241 e. The van der Waals surface area contributed by atoms with E-state index in [0.29, 0.717) is 13.0 Å². The Morgan fingerprint density at radius 2 is 2.00 bits per heavy atom. The predicted molar refractivity (Wildman–Crippen MR) is 77.0 cm³/mol. The molecule has 0 radical (unpaired) electrons. The summed E-state index contributed by atoms with van der Waals surface area (Å²) in [6.07, 6.45) is 0.457. The minimum atomic E-state index is -0.981. The normalized spacial score (nSPS) is 27.9. The quantitative estimate of drug-likeness (QED) is 0.648. The number of ether oxygens (including phenoxy) is 1. The number of carbonyl (C=O) groups excluding carboxylic acids is 2. The second kappa shape index (κ2) is 6.10. The van der Waals surface area contributed by atoms with Gasteiger partial charge in [0.2, 0.25) is 11.8 Å². The van der Waals surface area contributed by atoms with Gasteiger partial charge in [0.25, 0.3) is 0 Å². The molecule has 0 heterocycles. The summed E-state index contributed by atoms with van der Waals surface area (Å²) in [5.41, 5.74) is 4.78. The van der Waals surface area contributed by atoms with Gasteiger partial charge in [-0.25, -0.2) is 0 Å². The molecule has 2 unspecified atom stereocenters. The van der Waals surface area contributed by atoms with Crippen molar-refractivity contribution in [1.82, 2.24) is 10.6 Å². The van der Waals surface area contributed by atoms with Crippen LogP contribution < -0.4 is 16.4 Å². The van der Waals surface area contributed by atoms with Crippen LogP contribution in [-0.2, 0) is 14.3 Å². The number of nitrogens with one attached hydrogen (secondary N) is 2. The fraction of sp³-hybridized carbons (Fsp3) is 0.857. The average molecular weight is 285 g/mol. The molecule has 20 heavy (non-hydrogen) atoms. The van der Waals surface area contributed by atoms with Crippen LogP contribution in [0.2, 0.25) is 0 Å². The molecule has 0 aromatic rings. The minimum absolute atomic E-state index is 0.0206. The van der Waals surface area contributed by atoms with Gasteiger partial charge >= 0.3 is 0 Å². The molecule has 116 valence electrons. The Bertz CT molecular complexity index is 382. The molecule has 2 amide bonds. The first kappa shape index (κ1) is 16.9. The van der Waals surface area contributed by atoms with Crippen molar-refractivity contribution >= 4 is 11.8 Å². The van der Waals surface area contributed by atoms with Crippen molar-refractivity contribution in [3.05, 3.63) is 0 Å². The van der Waals surface area contributed by atoms with Gasteiger partial charge in [0.05, 0.1) is 12.6 Å². The molecule has 1 fully saturated rings. The van der Waals surface area contributed by atoms with Gasteiger partial charge in [-0.2, -0.15) is 0 Å². The highest BCUT2D eigenvalue weighted by Crippen LogP contribution is 2.49. The Kier molecular flexibility index (Phi) is 5.15. The molecular formula is C14H27N3O3. The topological polar surface area (TPSA) is 93.4 Å². The Morgan fingerprint density at radius 3 is 2.45 bits per heavy atom. The summed E-state index contributed by atoms with van der Waals surface area (Å²) in [6.45, 7) is 10.0. The van der Waals surface area contributed by atoms with E-state index >= 15 is 0 Å². The fourth-order valence-electron chi connectivity index (χ4n) is 2.51. The van der Waals surface area contributed by atoms with Gasteiger partial charge in [-0.3, -0.25) is 9.59 Å². The third-order valence-corrected chi connectivity index (χ3v) is 4.09. The zero-order chi connectivity index (χ0) is 15.6. The van der Waals surface area contributed by atoms with Gasteiger partial charge in [-0.05, 0) is 20.8 Å². The molecule has 0 aromatic carbocycles. The third kappa shape index (κ3) is 3.12. The summed E-state index contributed by atoms with van der Waals surface area (Å²) in [6, 6.07) is 0.0497. The van der Waals surface area contributed by atoms with Gasteiger partial charge in [-0.15, -0.1) is 0 Å². The van der Waals surface area contributed by atoms with Crippen molar-refractivity contribution in [2.45, 2.75) is 58.7 Å². The fourth-order valence-corrected chi connectivity index (χ4v) is 2.51. The largest absolute Gasteiger partial charge is 0.378 e. The summed E-state index contributed by atoms with van der Waals surface area (Å²) in [4.78, 5) is 23.8. The number of nitrogens with two attached hydrogens (primary N) is 1. The Morgan fingerprint density at radius 1 is 1.40 bits per heavy atom. The monoisotopic (exact) mass is 285 g/mol. The van der Waals surface area contributed by atoms with Crippen LogP contribution in [0.15, 0.2) is 0 Å². The summed E-state index contributed by atoms with van der Waals surface area (Å²) in [5, 5.41) is 5.33. The lowest BCUT2D eigenvalue weighted by Crippen LogP contribution is -2.76. The first-order valence-corrected chi connectivity index (χ1v) is 7.13. The summed E-state index contributed by atoms with van der Waals surface area (Å²) in [5.74, 6) is -0.507. The maximum atomic E-state index is 12.2. The van der Waals surface area contributed by atoms with Crippen LogP contribution in [0.4, 0.5) is 0 Å². The Labute approximate surface area is 120 Å². The van der Waals surface area contributed by atoms with E-state index in [1.807, 2.05) is 34.6 Å². The highest BCUT2D eigenvalue weighted by atomic mass is 16.5. The minimum Gasteiger partial charge on any atom is -0.378 e. The van der Waals surface area contributed by atoms with Crippen molar-refractivity contribution in [1.29, 1.82) is 0 Å². The molecule has 0 bridgehead atoms. The van der Waals surface area contributed by atoms with E-state index in [0.717, 1.165) is 0 Å². The van der Waals surface area contributed by atoms with E-state index in [-0.39, 0.29) is 30.5 Å². The summed E-state index contributed by atoms with van der Waals surface area (Å²) >= 11 is 0. The standard InChI is InChI=1S/C14H27N3O3/c1-6-20-10-7-14(15,13(10,4)5)12(19)16-8-11(18)17-9(2)3/h9-10H,6-8,15H2,1-5H3,(H,16,19)(H,17,18). The second-order valence-corrected chi connectivity index (χ2v) is 6.25. The Balaban J connectivity index is 2.54. The van der Waals surface area contributed by atoms with E-state index < -0.39 is 11.0 Å². The van der Waals surface area contributed by atoms with E-state index in [2.05, 4.69) is 10.6 Å². The van der Waals surface area contributed by atoms with E-state index in [1.54, 1.807) is 0 Å². The number of hydrogen-bond donors (Lipinski definition) is 3. The van der Waals surface area contributed by atoms with Crippen molar-refractivity contribution in [2.75, 3.05) is 13.2 Å². The van der Waals surface area contributed by atoms with Crippen molar-refractivity contribution in [3.8, 4) is 0 Å². The predicted octanol–water partition coefficient (Wildman–Crippen LogP) is 0.160. The van der Waals surface area contributed by atoms with Crippen LogP contribution in [0.5, 0.6) is 0 Å². The van der Waals surface area contributed by atoms with Crippen molar-refractivity contribution < 1.29 is 14.3 Å². The van der Waals surface area contributed by atoms with Crippen LogP contribution in [0, 0.1) is 5.41 Å². The number of amides is 2. The molecule has 0 spiro atoms. The maximum Gasteiger partial charge on any atom is 0.241 e. The van der Waals surface area contributed by atoms with Crippen LogP contribution in [0.1, 0.15) is 41.0 Å². The van der Waals surface area contributed by atoms with Crippen LogP contribution >= 0.6 is 0 Å². The Hall–Kier alpha value is -1.14. The highest BCUT2D eigenvalue weighted by molar-refractivity contribution is 5.92. The molecule has 1 aliphatic rings. The van der Waals surface area contributed by atoms with Gasteiger partial charge in [0, 0.05) is 24.5 Å². The zero-order valence-corrected chi connectivity index (χ0v) is 13.1. The third-order valence-electron chi connectivity index (χ3n) is 4.09. The first-order valence-electron chi connectivity index (χ1n) is 7.13. The molecule has 1 rings (SSSR count). The van der Waals surface area contributed by atoms with E-state index in [4.69, 9.17) is 10.5 Å². The zero-order valence-electron chi connectivity index (χ0n) is 13.1. The van der Waals surface area contributed by atoms with Gasteiger partial charge in [0.15, 0.2) is 0 Å². The molecule has 0 aliphatic heterocycles. The van der Waals surface area contributed by atoms with Crippen molar-refractivity contribution in [3.63, 3.8) is 0 Å². The van der Waals surface area contributed by atoms with Crippen molar-refractivity contribution in [2.24, 2.45) is 11.1 Å². The lowest BCUT2D eigenvalue weighted by Gasteiger charge is -2.57. The van der Waals surface area contributed by atoms with Gasteiger partial charge < -0.3 is 21.1 Å². The van der Waals surface area contributed by atoms with E-state index in [1.165, 1.54) is 0 Å². The SMILES string of the molecule is CCOC1CC(N)(C(=O)NCC(=O)NC(C)C)C1(C)C. The summed E-state index contributed by atoms with van der Waals surface area (Å²) < 4.78 is 5.58. The number of hydrogen-bond acceptors (Lipinski definition) is 4. The van der Waals surface area contributed by atoms with Crippen LogP contribution in [0.3, 0.4) is 0 Å².